The molecule has 72 heavy (non-hydrogen) atoms. The van der Waals surface area contributed by atoms with Crippen LogP contribution in [-0.4, -0.2) is 60.7 Å². The summed E-state index contributed by atoms with van der Waals surface area (Å²) in [5, 5.41) is 9.93. The Kier molecular flexibility index (Phi) is 15.2. The van der Waals surface area contributed by atoms with Crippen LogP contribution in [0.25, 0.3) is 22.8 Å². The molecule has 20 heteroatoms. The van der Waals surface area contributed by atoms with Gasteiger partial charge in [0.25, 0.3) is 11.1 Å². The van der Waals surface area contributed by atoms with Crippen molar-refractivity contribution in [2.75, 3.05) is 0 Å². The summed E-state index contributed by atoms with van der Waals surface area (Å²) in [6.07, 6.45) is 9.01. The predicted molar refractivity (Wildman–Crippen MR) is 268 cm³/mol. The predicted octanol–water partition coefficient (Wildman–Crippen LogP) is 8.79. The second-order valence-corrected chi connectivity index (χ2v) is 19.0. The Morgan fingerprint density at radius 1 is 0.681 bits per heavy atom. The molecule has 0 fully saturated rings. The Hall–Kier alpha value is -7.59. The number of aromatic nitrogens is 9. The standard InChI is InChI=1S/C26H23ClF2N5O2.C26H25ClFN5O3/c1-14-11-31-19(18-6-7-30-25(33-18)26(3,4)5)10-21(14)34-15(2)8-22(23(27)24(34)35)36-13-20-17(29)9-16(28)12-32-20;1-14-8-17(28)20(30-11-14)13-36-22-9-16(3)33(24(34)23(22)27)21-10-19(31-12-15(21)2)18-6-7-29-25(32-18)26(4,5)35/h6-10,12H,13H2,1-5H3;6-12,35H,13H2,1-5H3/q+1;. The highest BCUT2D eigenvalue weighted by Gasteiger charge is 2.27. The third-order valence-corrected chi connectivity index (χ3v) is 11.6. The van der Waals surface area contributed by atoms with E-state index in [4.69, 9.17) is 32.7 Å². The minimum Gasteiger partial charge on any atom is -0.485 e. The van der Waals surface area contributed by atoms with Gasteiger partial charge in [-0.3, -0.25) is 33.7 Å². The molecule has 1 aliphatic heterocycles. The van der Waals surface area contributed by atoms with Crippen molar-refractivity contribution >= 4 is 40.5 Å². The average Bonchev–Trinajstić information content (AvgIpc) is 3.32. The van der Waals surface area contributed by atoms with Crippen molar-refractivity contribution < 1.29 is 27.8 Å². The summed E-state index contributed by atoms with van der Waals surface area (Å²) in [5.41, 5.74) is 3.79. The van der Waals surface area contributed by atoms with Gasteiger partial charge in [0.05, 0.1) is 35.0 Å². The number of aryl methyl sites for hydroxylation is 4. The number of halogens is 5. The van der Waals surface area contributed by atoms with Gasteiger partial charge in [-0.2, -0.15) is 0 Å². The molecule has 0 amide bonds. The number of ether oxygens (including phenoxy) is 2. The third-order valence-electron chi connectivity index (χ3n) is 10.9. The zero-order valence-corrected chi connectivity index (χ0v) is 42.4. The first-order chi connectivity index (χ1) is 33.9. The number of nitrogens with zero attached hydrogens (tertiary/aromatic N) is 10. The van der Waals surface area contributed by atoms with Gasteiger partial charge in [0.15, 0.2) is 17.3 Å². The van der Waals surface area contributed by atoms with Gasteiger partial charge in [-0.1, -0.05) is 44.0 Å². The van der Waals surface area contributed by atoms with E-state index in [-0.39, 0.29) is 57.4 Å². The smallest absolute Gasteiger partial charge is 0.368 e. The Morgan fingerprint density at radius 2 is 1.24 bits per heavy atom. The van der Waals surface area contributed by atoms with Crippen molar-refractivity contribution in [2.45, 2.75) is 93.5 Å². The van der Waals surface area contributed by atoms with Crippen LogP contribution in [0.4, 0.5) is 13.2 Å². The highest BCUT2D eigenvalue weighted by atomic mass is 35.5. The van der Waals surface area contributed by atoms with Crippen molar-refractivity contribution in [1.29, 1.82) is 0 Å². The molecule has 0 radical (unpaired) electrons. The lowest BCUT2D eigenvalue weighted by molar-refractivity contribution is 0.0688. The van der Waals surface area contributed by atoms with Crippen molar-refractivity contribution in [2.24, 2.45) is 0 Å². The van der Waals surface area contributed by atoms with Crippen LogP contribution >= 0.6 is 23.2 Å². The van der Waals surface area contributed by atoms with Crippen LogP contribution in [0.2, 0.25) is 10.0 Å². The largest absolute Gasteiger partial charge is 0.485 e. The molecule has 0 bridgehead atoms. The van der Waals surface area contributed by atoms with Gasteiger partial charge in [0, 0.05) is 59.8 Å². The lowest BCUT2D eigenvalue weighted by Gasteiger charge is -2.17. The summed E-state index contributed by atoms with van der Waals surface area (Å²) in [7, 11) is 0. The molecule has 0 saturated heterocycles. The van der Waals surface area contributed by atoms with Gasteiger partial charge in [-0.25, -0.2) is 33.1 Å². The molecular weight excluding hydrogens is 973 g/mol. The van der Waals surface area contributed by atoms with Crippen molar-refractivity contribution in [3.05, 3.63) is 185 Å². The SMILES string of the molecule is CC1=C=[N+]=C(c2ccnc(C(C)(C)C)n2)C=C1n1c(C)cc(OCc2ncc(F)cc2F)c(Cl)c1=O.Cc1cnc(COc2cc(C)n(-c3cc(-c4ccnc(C(C)(C)O)n4)ncc3C)c(=O)c2Cl)c(F)c1. The number of pyridine rings is 5. The maximum Gasteiger partial charge on any atom is 0.368 e. The minimum atomic E-state index is -1.22. The van der Waals surface area contributed by atoms with E-state index in [1.54, 1.807) is 103 Å². The highest BCUT2D eigenvalue weighted by molar-refractivity contribution is 6.32. The van der Waals surface area contributed by atoms with Gasteiger partial charge in [0.2, 0.25) is 0 Å². The number of hydrogen-bond acceptors (Lipinski definition) is 12. The normalized spacial score (nSPS) is 12.4. The van der Waals surface area contributed by atoms with Gasteiger partial charge >= 0.3 is 11.6 Å². The van der Waals surface area contributed by atoms with Crippen molar-refractivity contribution in [3.8, 4) is 28.6 Å². The Balaban J connectivity index is 0.000000211. The molecule has 1 N–H and O–H groups in total. The molecule has 0 saturated carbocycles. The van der Waals surface area contributed by atoms with Crippen LogP contribution in [0.5, 0.6) is 11.5 Å². The number of aliphatic hydroxyl groups is 1. The van der Waals surface area contributed by atoms with Crippen LogP contribution in [-0.2, 0) is 24.2 Å². The topological polar surface area (TPSA) is 187 Å². The van der Waals surface area contributed by atoms with Crippen LogP contribution in [0.15, 0.2) is 94.7 Å². The van der Waals surface area contributed by atoms with Gasteiger partial charge < -0.3 is 14.6 Å². The van der Waals surface area contributed by atoms with E-state index in [0.29, 0.717) is 68.6 Å². The number of allylic oxidation sites excluding steroid dienone is 3. The average molecular weight is 1020 g/mol. The molecule has 8 rings (SSSR count). The monoisotopic (exact) mass is 1020 g/mol. The summed E-state index contributed by atoms with van der Waals surface area (Å²) < 4.78 is 59.6. The summed E-state index contributed by atoms with van der Waals surface area (Å²) >= 11 is 12.7. The first kappa shape index (κ1) is 52.2. The van der Waals surface area contributed by atoms with E-state index >= 15 is 0 Å². The molecule has 0 atom stereocenters. The maximum atomic E-state index is 14.1. The maximum absolute atomic E-state index is 14.1. The first-order valence-electron chi connectivity index (χ1n) is 22.2. The lowest BCUT2D eigenvalue weighted by Crippen LogP contribution is -2.25. The van der Waals surface area contributed by atoms with E-state index in [9.17, 15) is 27.9 Å². The summed E-state index contributed by atoms with van der Waals surface area (Å²) in [5.74, 6) is 1.90. The van der Waals surface area contributed by atoms with Crippen LogP contribution in [0, 0.1) is 45.1 Å². The van der Waals surface area contributed by atoms with Crippen molar-refractivity contribution in [3.63, 3.8) is 0 Å². The Morgan fingerprint density at radius 3 is 1.83 bits per heavy atom. The fourth-order valence-electron chi connectivity index (χ4n) is 7.07. The zero-order valence-electron chi connectivity index (χ0n) is 40.9. The molecule has 1 aliphatic rings. The summed E-state index contributed by atoms with van der Waals surface area (Å²) in [6, 6.07) is 10.4. The zero-order chi connectivity index (χ0) is 52.4. The van der Waals surface area contributed by atoms with E-state index in [1.807, 2.05) is 27.7 Å². The number of hydrogen-bond donors (Lipinski definition) is 1. The van der Waals surface area contributed by atoms with E-state index < -0.39 is 34.2 Å². The second-order valence-electron chi connectivity index (χ2n) is 18.3. The van der Waals surface area contributed by atoms with Gasteiger partial charge in [-0.05, 0) is 88.5 Å². The Bertz CT molecular complexity index is 3550. The van der Waals surface area contributed by atoms with E-state index in [1.165, 1.54) is 15.2 Å². The summed E-state index contributed by atoms with van der Waals surface area (Å²) in [4.78, 5) is 56.3. The van der Waals surface area contributed by atoms with E-state index in [2.05, 4.69) is 45.4 Å². The molecule has 7 aromatic rings. The van der Waals surface area contributed by atoms with Gasteiger partial charge in [0.1, 0.15) is 74.8 Å². The van der Waals surface area contributed by atoms with Crippen LogP contribution < -0.4 is 25.3 Å². The molecule has 7 aromatic heterocycles. The minimum absolute atomic E-state index is 0.0578. The Labute approximate surface area is 421 Å². The lowest BCUT2D eigenvalue weighted by atomic mass is 9.95. The molecule has 15 nitrogen and oxygen atoms in total. The van der Waals surface area contributed by atoms with Crippen LogP contribution in [0.1, 0.15) is 92.8 Å². The third kappa shape index (κ3) is 11.6. The molecule has 0 aliphatic carbocycles. The molecule has 8 heterocycles. The first-order valence-corrected chi connectivity index (χ1v) is 22.9. The fraction of sp³-hybridized carbons (Fsp3) is 0.269. The molecule has 0 unspecified atom stereocenters. The van der Waals surface area contributed by atoms with Crippen LogP contribution in [0.3, 0.4) is 0 Å². The molecule has 370 valence electrons. The molecular formula is C52H48Cl2F3N10O5+. The summed E-state index contributed by atoms with van der Waals surface area (Å²) in [6.45, 7) is 17.5. The van der Waals surface area contributed by atoms with Gasteiger partial charge in [-0.15, -0.1) is 0 Å². The quantitative estimate of drug-likeness (QED) is 0.122. The second kappa shape index (κ2) is 21.0. The fourth-order valence-corrected chi connectivity index (χ4v) is 7.46. The molecule has 0 aromatic carbocycles. The number of rotatable bonds is 11. The highest BCUT2D eigenvalue weighted by Crippen LogP contribution is 2.30. The van der Waals surface area contributed by atoms with Crippen molar-refractivity contribution in [1.82, 2.24) is 48.7 Å². The molecule has 0 spiro atoms. The van der Waals surface area contributed by atoms with E-state index in [0.717, 1.165) is 11.8 Å².